The number of ether oxygens (including phenoxy) is 1. The van der Waals surface area contributed by atoms with E-state index in [-0.39, 0.29) is 29.1 Å². The molecule has 140 valence electrons. The number of anilines is 1. The number of nitrogens with one attached hydrogen (secondary N) is 1. The molecule has 0 saturated carbocycles. The largest absolute Gasteiger partial charge is 0.470 e. The van der Waals surface area contributed by atoms with Crippen LogP contribution in [-0.4, -0.2) is 40.1 Å². The number of benzene rings is 1. The fourth-order valence-corrected chi connectivity index (χ4v) is 2.91. The highest BCUT2D eigenvalue weighted by atomic mass is 16.5. The van der Waals surface area contributed by atoms with Crippen LogP contribution in [-0.2, 0) is 5.41 Å². The van der Waals surface area contributed by atoms with E-state index in [1.54, 1.807) is 4.90 Å². The molecule has 2 amide bonds. The molecule has 0 radical (unpaired) electrons. The molecule has 1 aliphatic heterocycles. The van der Waals surface area contributed by atoms with Crippen LogP contribution < -0.4 is 10.1 Å². The van der Waals surface area contributed by atoms with Gasteiger partial charge in [0.2, 0.25) is 5.69 Å². The van der Waals surface area contributed by atoms with Crippen molar-refractivity contribution < 1.29 is 9.53 Å². The molecule has 2 aromatic rings. The number of rotatable bonds is 3. The minimum atomic E-state index is -0.206. The van der Waals surface area contributed by atoms with Gasteiger partial charge < -0.3 is 15.0 Å². The first-order valence-corrected chi connectivity index (χ1v) is 8.91. The number of aromatic nitrogens is 2. The molecule has 1 N–H and O–H groups in total. The van der Waals surface area contributed by atoms with Crippen molar-refractivity contribution in [1.29, 1.82) is 5.26 Å². The van der Waals surface area contributed by atoms with Crippen LogP contribution in [0.3, 0.4) is 0 Å². The Balaban J connectivity index is 1.57. The van der Waals surface area contributed by atoms with Crippen molar-refractivity contribution in [3.8, 4) is 11.9 Å². The van der Waals surface area contributed by atoms with Crippen molar-refractivity contribution in [2.45, 2.75) is 38.7 Å². The molecule has 27 heavy (non-hydrogen) atoms. The number of nitrogens with zero attached hydrogens (tertiary/aromatic N) is 4. The molecular weight excluding hydrogens is 342 g/mol. The molecule has 1 aliphatic rings. The first-order valence-electron chi connectivity index (χ1n) is 8.91. The smallest absolute Gasteiger partial charge is 0.321 e. The summed E-state index contributed by atoms with van der Waals surface area (Å²) >= 11 is 0. The van der Waals surface area contributed by atoms with E-state index in [0.717, 1.165) is 5.69 Å². The summed E-state index contributed by atoms with van der Waals surface area (Å²) in [5, 5.41) is 12.0. The second-order valence-corrected chi connectivity index (χ2v) is 7.55. The van der Waals surface area contributed by atoms with E-state index in [0.29, 0.717) is 19.5 Å². The van der Waals surface area contributed by atoms with Gasteiger partial charge in [-0.25, -0.2) is 14.8 Å². The lowest BCUT2D eigenvalue weighted by atomic mass is 9.87. The highest BCUT2D eigenvalue weighted by Gasteiger charge is 2.28. The zero-order valence-corrected chi connectivity index (χ0v) is 15.8. The third-order valence-corrected chi connectivity index (χ3v) is 4.48. The Morgan fingerprint density at radius 3 is 2.63 bits per heavy atom. The first kappa shape index (κ1) is 18.6. The van der Waals surface area contributed by atoms with E-state index in [2.05, 4.69) is 36.1 Å². The van der Waals surface area contributed by atoms with Crippen LogP contribution in [0, 0.1) is 11.3 Å². The summed E-state index contributed by atoms with van der Waals surface area (Å²) in [7, 11) is 0. The molecule has 0 spiro atoms. The van der Waals surface area contributed by atoms with E-state index in [1.807, 2.05) is 30.3 Å². The Bertz CT molecular complexity index is 852. The Kier molecular flexibility index (Phi) is 5.26. The summed E-state index contributed by atoms with van der Waals surface area (Å²) in [5.74, 6) is 0.213. The van der Waals surface area contributed by atoms with Crippen molar-refractivity contribution in [3.63, 3.8) is 0 Å². The van der Waals surface area contributed by atoms with Gasteiger partial charge in [-0.2, -0.15) is 5.26 Å². The zero-order chi connectivity index (χ0) is 19.4. The van der Waals surface area contributed by atoms with Crippen LogP contribution in [0.15, 0.2) is 36.7 Å². The molecule has 1 aromatic heterocycles. The van der Waals surface area contributed by atoms with Crippen LogP contribution in [0.5, 0.6) is 5.88 Å². The topological polar surface area (TPSA) is 91.1 Å². The molecule has 0 aliphatic carbocycles. The molecular formula is C20H23N5O2. The van der Waals surface area contributed by atoms with Gasteiger partial charge in [0.25, 0.3) is 5.88 Å². The van der Waals surface area contributed by atoms with Crippen molar-refractivity contribution in [2.75, 3.05) is 18.4 Å². The number of nitriles is 1. The summed E-state index contributed by atoms with van der Waals surface area (Å²) < 4.78 is 5.76. The highest BCUT2D eigenvalue weighted by molar-refractivity contribution is 5.89. The van der Waals surface area contributed by atoms with Crippen LogP contribution >= 0.6 is 0 Å². The fraction of sp³-hybridized carbons (Fsp3) is 0.400. The summed E-state index contributed by atoms with van der Waals surface area (Å²) in [6.45, 7) is 7.48. The molecule has 0 bridgehead atoms. The Morgan fingerprint density at radius 2 is 1.96 bits per heavy atom. The average molecular weight is 365 g/mol. The molecule has 1 fully saturated rings. The normalized spacial score (nSPS) is 16.7. The van der Waals surface area contributed by atoms with E-state index in [1.165, 1.54) is 18.0 Å². The van der Waals surface area contributed by atoms with E-state index >= 15 is 0 Å². The van der Waals surface area contributed by atoms with Gasteiger partial charge in [0.05, 0.1) is 6.54 Å². The quantitative estimate of drug-likeness (QED) is 0.901. The van der Waals surface area contributed by atoms with E-state index in [9.17, 15) is 4.79 Å². The molecule has 1 aromatic carbocycles. The van der Waals surface area contributed by atoms with Crippen molar-refractivity contribution in [3.05, 3.63) is 47.9 Å². The van der Waals surface area contributed by atoms with Crippen LogP contribution in [0.1, 0.15) is 38.4 Å². The number of likely N-dealkylation sites (tertiary alicyclic amines) is 1. The lowest BCUT2D eigenvalue weighted by Gasteiger charge is -2.20. The van der Waals surface area contributed by atoms with Gasteiger partial charge >= 0.3 is 6.03 Å². The maximum Gasteiger partial charge on any atom is 0.321 e. The second-order valence-electron chi connectivity index (χ2n) is 7.55. The van der Waals surface area contributed by atoms with Gasteiger partial charge in [-0.3, -0.25) is 0 Å². The number of carbonyl (C=O) groups is 1. The summed E-state index contributed by atoms with van der Waals surface area (Å²) in [4.78, 5) is 22.2. The number of hydrogen-bond donors (Lipinski definition) is 1. The van der Waals surface area contributed by atoms with Crippen molar-refractivity contribution in [1.82, 2.24) is 14.9 Å². The zero-order valence-electron chi connectivity index (χ0n) is 15.8. The minimum absolute atomic E-state index is 0.0741. The molecule has 7 heteroatoms. The van der Waals surface area contributed by atoms with Gasteiger partial charge in [-0.15, -0.1) is 0 Å². The predicted octanol–water partition coefficient (Wildman–Crippen LogP) is 3.33. The van der Waals surface area contributed by atoms with Gasteiger partial charge in [0, 0.05) is 31.0 Å². The van der Waals surface area contributed by atoms with Crippen molar-refractivity contribution >= 4 is 11.7 Å². The Labute approximate surface area is 159 Å². The minimum Gasteiger partial charge on any atom is -0.470 e. The van der Waals surface area contributed by atoms with Gasteiger partial charge in [0.15, 0.2) is 0 Å². The van der Waals surface area contributed by atoms with Gasteiger partial charge in [0.1, 0.15) is 12.2 Å². The van der Waals surface area contributed by atoms with E-state index < -0.39 is 0 Å². The maximum atomic E-state index is 12.5. The third kappa shape index (κ3) is 4.53. The molecule has 1 atom stereocenters. The number of amides is 2. The molecule has 1 unspecified atom stereocenters. The molecule has 2 heterocycles. The number of hydrogen-bond acceptors (Lipinski definition) is 5. The standard InChI is InChI=1S/C20H23N5O2/c1-20(2,3)14-4-6-15(7-5-14)24-19(26)25-11-8-16(13-25)27-18-17(12-21)22-9-10-23-18/h4-7,9-10,16H,8,11,13H2,1-3H3,(H,24,26). The highest BCUT2D eigenvalue weighted by Crippen LogP contribution is 2.24. The summed E-state index contributed by atoms with van der Waals surface area (Å²) in [6.07, 6.45) is 3.40. The van der Waals surface area contributed by atoms with Crippen LogP contribution in [0.2, 0.25) is 0 Å². The summed E-state index contributed by atoms with van der Waals surface area (Å²) in [5.41, 5.74) is 2.20. The monoisotopic (exact) mass is 365 g/mol. The Morgan fingerprint density at radius 1 is 1.26 bits per heavy atom. The van der Waals surface area contributed by atoms with Gasteiger partial charge in [-0.1, -0.05) is 32.9 Å². The number of carbonyl (C=O) groups excluding carboxylic acids is 1. The lowest BCUT2D eigenvalue weighted by molar-refractivity contribution is 0.189. The van der Waals surface area contributed by atoms with Crippen LogP contribution in [0.25, 0.3) is 0 Å². The SMILES string of the molecule is CC(C)(C)c1ccc(NC(=O)N2CCC(Oc3nccnc3C#N)C2)cc1. The van der Waals surface area contributed by atoms with Gasteiger partial charge in [-0.05, 0) is 23.1 Å². The van der Waals surface area contributed by atoms with E-state index in [4.69, 9.17) is 10.00 Å². The van der Waals surface area contributed by atoms with Crippen LogP contribution in [0.4, 0.5) is 10.5 Å². The predicted molar refractivity (Wildman–Crippen MR) is 102 cm³/mol. The Hall–Kier alpha value is -3.14. The molecule has 7 nitrogen and oxygen atoms in total. The fourth-order valence-electron chi connectivity index (χ4n) is 2.91. The second kappa shape index (κ2) is 7.62. The third-order valence-electron chi connectivity index (χ3n) is 4.48. The first-order chi connectivity index (χ1) is 12.9. The maximum absolute atomic E-state index is 12.5. The van der Waals surface area contributed by atoms with Crippen molar-refractivity contribution in [2.24, 2.45) is 0 Å². The molecule has 3 rings (SSSR count). The average Bonchev–Trinajstić information content (AvgIpc) is 3.10. The lowest BCUT2D eigenvalue weighted by Crippen LogP contribution is -2.34. The molecule has 1 saturated heterocycles. The number of urea groups is 1. The summed E-state index contributed by atoms with van der Waals surface area (Å²) in [6, 6.07) is 9.69.